The fourth-order valence-electron chi connectivity index (χ4n) is 3.23. The van der Waals surface area contributed by atoms with Crippen molar-refractivity contribution in [3.8, 4) is 0 Å². The van der Waals surface area contributed by atoms with Gasteiger partial charge in [0.05, 0.1) is 23.9 Å². The summed E-state index contributed by atoms with van der Waals surface area (Å²) >= 11 is 0. The number of nitrogens with zero attached hydrogens (tertiary/aromatic N) is 4. The van der Waals surface area contributed by atoms with Crippen molar-refractivity contribution in [1.29, 1.82) is 0 Å². The van der Waals surface area contributed by atoms with Crippen LogP contribution in [0.25, 0.3) is 0 Å². The van der Waals surface area contributed by atoms with Gasteiger partial charge in [0.1, 0.15) is 0 Å². The lowest BCUT2D eigenvalue weighted by Gasteiger charge is -2.27. The van der Waals surface area contributed by atoms with Crippen molar-refractivity contribution in [2.45, 2.75) is 44.4 Å². The van der Waals surface area contributed by atoms with E-state index in [1.54, 1.807) is 0 Å². The predicted molar refractivity (Wildman–Crippen MR) is 87.4 cm³/mol. The number of anilines is 1. The van der Waals surface area contributed by atoms with E-state index in [-0.39, 0.29) is 24.2 Å². The van der Waals surface area contributed by atoms with Gasteiger partial charge in [0, 0.05) is 27.2 Å². The maximum Gasteiger partial charge on any atom is 0.318 e. The van der Waals surface area contributed by atoms with Crippen molar-refractivity contribution >= 4 is 11.8 Å². The lowest BCUT2D eigenvalue weighted by atomic mass is 10.1. The molecule has 126 valence electrons. The molecule has 2 saturated heterocycles. The van der Waals surface area contributed by atoms with Crippen LogP contribution in [0.2, 0.25) is 0 Å². The zero-order valence-corrected chi connectivity index (χ0v) is 14.0. The fraction of sp³-hybridized carbons (Fsp3) is 0.688. The molecule has 3 rings (SSSR count). The Balaban J connectivity index is 1.68. The molecule has 2 aliphatic rings. The van der Waals surface area contributed by atoms with Crippen molar-refractivity contribution in [1.82, 2.24) is 20.4 Å². The van der Waals surface area contributed by atoms with Crippen LogP contribution in [0.15, 0.2) is 12.1 Å². The number of amides is 2. The van der Waals surface area contributed by atoms with Gasteiger partial charge in [-0.1, -0.05) is 0 Å². The van der Waals surface area contributed by atoms with E-state index >= 15 is 0 Å². The van der Waals surface area contributed by atoms with Crippen LogP contribution in [0.1, 0.15) is 37.9 Å². The van der Waals surface area contributed by atoms with Crippen molar-refractivity contribution in [3.05, 3.63) is 17.8 Å². The van der Waals surface area contributed by atoms with E-state index in [0.717, 1.165) is 37.3 Å². The van der Waals surface area contributed by atoms with Gasteiger partial charge in [0.25, 0.3) is 0 Å². The Morgan fingerprint density at radius 3 is 2.78 bits per heavy atom. The molecule has 0 aliphatic carbocycles. The monoisotopic (exact) mass is 319 g/mol. The highest BCUT2D eigenvalue weighted by molar-refractivity contribution is 5.75. The van der Waals surface area contributed by atoms with Gasteiger partial charge < -0.3 is 19.9 Å². The molecule has 2 fully saturated rings. The van der Waals surface area contributed by atoms with Crippen LogP contribution in [-0.4, -0.2) is 60.5 Å². The molecule has 0 bridgehead atoms. The molecule has 1 N–H and O–H groups in total. The van der Waals surface area contributed by atoms with Crippen LogP contribution in [0.4, 0.5) is 10.6 Å². The summed E-state index contributed by atoms with van der Waals surface area (Å²) in [6.45, 7) is 3.48. The Morgan fingerprint density at radius 1 is 1.35 bits per heavy atom. The smallest absolute Gasteiger partial charge is 0.318 e. The summed E-state index contributed by atoms with van der Waals surface area (Å²) in [5.41, 5.74) is 0.860. The topological polar surface area (TPSA) is 70.6 Å². The highest BCUT2D eigenvalue weighted by Gasteiger charge is 2.34. The van der Waals surface area contributed by atoms with Crippen LogP contribution >= 0.6 is 0 Å². The third-order valence-electron chi connectivity index (χ3n) is 4.67. The molecule has 3 atom stereocenters. The van der Waals surface area contributed by atoms with Crippen molar-refractivity contribution in [2.75, 3.05) is 32.1 Å². The molecule has 0 saturated carbocycles. The zero-order valence-electron chi connectivity index (χ0n) is 14.0. The molecule has 0 aromatic carbocycles. The van der Waals surface area contributed by atoms with E-state index in [9.17, 15) is 4.79 Å². The van der Waals surface area contributed by atoms with Crippen molar-refractivity contribution < 1.29 is 9.53 Å². The average Bonchev–Trinajstić information content (AvgIpc) is 3.17. The molecule has 7 nitrogen and oxygen atoms in total. The third-order valence-corrected chi connectivity index (χ3v) is 4.67. The summed E-state index contributed by atoms with van der Waals surface area (Å²) in [6.07, 6.45) is 2.88. The SMILES string of the molecule is CC1OCCC1NC(=O)N1CCCC1c1ccc(N(C)C)nn1. The second-order valence-electron chi connectivity index (χ2n) is 6.48. The Hall–Kier alpha value is -1.89. The van der Waals surface area contributed by atoms with Gasteiger partial charge in [0.15, 0.2) is 5.82 Å². The van der Waals surface area contributed by atoms with Crippen LogP contribution in [-0.2, 0) is 4.74 Å². The van der Waals surface area contributed by atoms with Crippen LogP contribution in [0.5, 0.6) is 0 Å². The molecule has 0 spiro atoms. The summed E-state index contributed by atoms with van der Waals surface area (Å²) < 4.78 is 5.52. The molecule has 3 unspecified atom stereocenters. The first-order chi connectivity index (χ1) is 11.1. The van der Waals surface area contributed by atoms with E-state index in [1.807, 2.05) is 43.0 Å². The van der Waals surface area contributed by atoms with E-state index in [4.69, 9.17) is 4.74 Å². The number of carbonyl (C=O) groups is 1. The Bertz CT molecular complexity index is 548. The minimum Gasteiger partial charge on any atom is -0.376 e. The molecular formula is C16H25N5O2. The summed E-state index contributed by atoms with van der Waals surface area (Å²) in [5.74, 6) is 0.819. The largest absolute Gasteiger partial charge is 0.376 e. The molecule has 1 aromatic heterocycles. The summed E-state index contributed by atoms with van der Waals surface area (Å²) in [7, 11) is 3.87. The predicted octanol–water partition coefficient (Wildman–Crippen LogP) is 1.57. The average molecular weight is 319 g/mol. The second kappa shape index (κ2) is 6.70. The number of aromatic nitrogens is 2. The van der Waals surface area contributed by atoms with Gasteiger partial charge in [-0.3, -0.25) is 0 Å². The molecule has 3 heterocycles. The Kier molecular flexibility index (Phi) is 4.66. The van der Waals surface area contributed by atoms with Gasteiger partial charge in [-0.05, 0) is 38.3 Å². The number of urea groups is 1. The van der Waals surface area contributed by atoms with Crippen molar-refractivity contribution in [2.24, 2.45) is 0 Å². The number of likely N-dealkylation sites (tertiary alicyclic amines) is 1. The zero-order chi connectivity index (χ0) is 16.4. The quantitative estimate of drug-likeness (QED) is 0.915. The molecule has 2 aliphatic heterocycles. The first-order valence-electron chi connectivity index (χ1n) is 8.26. The van der Waals surface area contributed by atoms with E-state index in [0.29, 0.717) is 6.61 Å². The number of carbonyl (C=O) groups excluding carboxylic acids is 1. The number of rotatable bonds is 3. The Labute approximate surface area is 137 Å². The lowest BCUT2D eigenvalue weighted by molar-refractivity contribution is 0.111. The van der Waals surface area contributed by atoms with E-state index in [2.05, 4.69) is 15.5 Å². The molecule has 23 heavy (non-hydrogen) atoms. The van der Waals surface area contributed by atoms with Gasteiger partial charge in [-0.25, -0.2) is 4.79 Å². The highest BCUT2D eigenvalue weighted by Crippen LogP contribution is 2.31. The molecule has 2 amide bonds. The van der Waals surface area contributed by atoms with Crippen molar-refractivity contribution in [3.63, 3.8) is 0 Å². The Morgan fingerprint density at radius 2 is 2.17 bits per heavy atom. The normalized spacial score (nSPS) is 27.3. The third kappa shape index (κ3) is 3.39. The summed E-state index contributed by atoms with van der Waals surface area (Å²) in [4.78, 5) is 16.4. The number of nitrogens with one attached hydrogen (secondary N) is 1. The molecule has 0 radical (unpaired) electrons. The van der Waals surface area contributed by atoms with Crippen LogP contribution in [0, 0.1) is 0 Å². The molecule has 7 heteroatoms. The van der Waals surface area contributed by atoms with Crippen LogP contribution in [0.3, 0.4) is 0 Å². The summed E-state index contributed by atoms with van der Waals surface area (Å²) in [5, 5.41) is 11.7. The fourth-order valence-corrected chi connectivity index (χ4v) is 3.23. The minimum absolute atomic E-state index is 0.0105. The first-order valence-corrected chi connectivity index (χ1v) is 8.26. The molecular weight excluding hydrogens is 294 g/mol. The highest BCUT2D eigenvalue weighted by atomic mass is 16.5. The first kappa shape index (κ1) is 16.0. The standard InChI is InChI=1S/C16H25N5O2/c1-11-12(8-10-23-11)17-16(22)21-9-4-5-14(21)13-6-7-15(19-18-13)20(2)3/h6-7,11-12,14H,4-5,8-10H2,1-3H3,(H,17,22). The van der Waals surface area contributed by atoms with E-state index < -0.39 is 0 Å². The minimum atomic E-state index is -0.0201. The molecule has 1 aromatic rings. The van der Waals surface area contributed by atoms with Gasteiger partial charge in [-0.15, -0.1) is 5.10 Å². The van der Waals surface area contributed by atoms with E-state index in [1.165, 1.54) is 0 Å². The van der Waals surface area contributed by atoms with Crippen LogP contribution < -0.4 is 10.2 Å². The number of ether oxygens (including phenoxy) is 1. The maximum atomic E-state index is 12.6. The second-order valence-corrected chi connectivity index (χ2v) is 6.48. The van der Waals surface area contributed by atoms with Gasteiger partial charge >= 0.3 is 6.03 Å². The van der Waals surface area contributed by atoms with Gasteiger partial charge in [-0.2, -0.15) is 5.10 Å². The summed E-state index contributed by atoms with van der Waals surface area (Å²) in [6, 6.07) is 4.01. The van der Waals surface area contributed by atoms with Gasteiger partial charge in [0.2, 0.25) is 0 Å². The lowest BCUT2D eigenvalue weighted by Crippen LogP contribution is -2.46. The number of hydrogen-bond acceptors (Lipinski definition) is 5. The maximum absolute atomic E-state index is 12.6. The number of hydrogen-bond donors (Lipinski definition) is 1.